The summed E-state index contributed by atoms with van der Waals surface area (Å²) in [6.07, 6.45) is 1.85. The second kappa shape index (κ2) is 6.06. The summed E-state index contributed by atoms with van der Waals surface area (Å²) in [5.41, 5.74) is 5.24. The number of aromatic nitrogens is 2. The van der Waals surface area contributed by atoms with Crippen LogP contribution in [0.25, 0.3) is 27.8 Å². The van der Waals surface area contributed by atoms with E-state index in [4.69, 9.17) is 4.74 Å². The number of rotatable bonds is 3. The van der Waals surface area contributed by atoms with Crippen LogP contribution in [0.15, 0.2) is 78.0 Å². The third-order valence-corrected chi connectivity index (χ3v) is 4.35. The van der Waals surface area contributed by atoms with Crippen LogP contribution in [0.2, 0.25) is 0 Å². The minimum atomic E-state index is 0.866. The highest BCUT2D eigenvalue weighted by Gasteiger charge is 2.08. The number of imidazole rings is 1. The maximum absolute atomic E-state index is 5.49. The summed E-state index contributed by atoms with van der Waals surface area (Å²) in [7, 11) is 1.70. The molecule has 0 saturated heterocycles. The Balaban J connectivity index is 1.85. The van der Waals surface area contributed by atoms with Crippen LogP contribution in [0.1, 0.15) is 0 Å². The molecule has 0 unspecified atom stereocenters. The number of hydrogen-bond acceptors (Lipinski definition) is 3. The number of para-hydroxylation sites is 1. The summed E-state index contributed by atoms with van der Waals surface area (Å²) in [5, 5.41) is 0. The van der Waals surface area contributed by atoms with Gasteiger partial charge in [0, 0.05) is 16.1 Å². The minimum Gasteiger partial charge on any atom is -0.496 e. The Labute approximate surface area is 145 Å². The van der Waals surface area contributed by atoms with E-state index in [1.807, 2.05) is 42.7 Å². The van der Waals surface area contributed by atoms with Crippen LogP contribution in [0.3, 0.4) is 0 Å². The number of ether oxygens (including phenoxy) is 1. The smallest absolute Gasteiger partial charge is 0.126 e. The highest BCUT2D eigenvalue weighted by Crippen LogP contribution is 2.31. The van der Waals surface area contributed by atoms with Crippen molar-refractivity contribution >= 4 is 23.7 Å². The molecule has 3 aromatic carbocycles. The van der Waals surface area contributed by atoms with Gasteiger partial charge in [-0.2, -0.15) is 0 Å². The first-order chi connectivity index (χ1) is 11.8. The van der Waals surface area contributed by atoms with Gasteiger partial charge in [0.05, 0.1) is 18.1 Å². The predicted octanol–water partition coefficient (Wildman–Crippen LogP) is 4.99. The number of methoxy groups -OCH3 is 1. The van der Waals surface area contributed by atoms with Crippen molar-refractivity contribution in [1.29, 1.82) is 0 Å². The van der Waals surface area contributed by atoms with Crippen LogP contribution in [-0.4, -0.2) is 16.7 Å². The van der Waals surface area contributed by atoms with E-state index in [9.17, 15) is 0 Å². The van der Waals surface area contributed by atoms with Gasteiger partial charge < -0.3 is 4.74 Å². The van der Waals surface area contributed by atoms with Gasteiger partial charge >= 0.3 is 0 Å². The van der Waals surface area contributed by atoms with E-state index in [0.717, 1.165) is 38.5 Å². The van der Waals surface area contributed by atoms with Gasteiger partial charge in [0.15, 0.2) is 0 Å². The van der Waals surface area contributed by atoms with Gasteiger partial charge in [0.2, 0.25) is 0 Å². The molecule has 0 aliphatic carbocycles. The van der Waals surface area contributed by atoms with Crippen molar-refractivity contribution in [2.45, 2.75) is 4.90 Å². The highest BCUT2D eigenvalue weighted by atomic mass is 32.1. The van der Waals surface area contributed by atoms with Crippen molar-refractivity contribution in [3.8, 4) is 22.6 Å². The molecule has 0 aliphatic heterocycles. The van der Waals surface area contributed by atoms with Crippen LogP contribution < -0.4 is 4.74 Å². The topological polar surface area (TPSA) is 27.1 Å². The summed E-state index contributed by atoms with van der Waals surface area (Å²) < 4.78 is 7.57. The Morgan fingerprint density at radius 1 is 0.958 bits per heavy atom. The molecule has 0 amide bonds. The number of fused-ring (bicyclic) bond motifs is 1. The van der Waals surface area contributed by atoms with E-state index in [0.29, 0.717) is 0 Å². The van der Waals surface area contributed by atoms with E-state index < -0.39 is 0 Å². The van der Waals surface area contributed by atoms with Crippen molar-refractivity contribution in [2.75, 3.05) is 7.11 Å². The first kappa shape index (κ1) is 14.8. The molecule has 1 heterocycles. The molecule has 4 aromatic rings. The van der Waals surface area contributed by atoms with Gasteiger partial charge in [-0.15, -0.1) is 12.6 Å². The number of thiol groups is 1. The summed E-state index contributed by atoms with van der Waals surface area (Å²) >= 11 is 4.38. The van der Waals surface area contributed by atoms with Crippen LogP contribution in [0.4, 0.5) is 0 Å². The SMILES string of the molecule is COc1ccccc1-c1cccc(-n2cnc3cc(S)ccc32)c1. The molecule has 24 heavy (non-hydrogen) atoms. The zero-order valence-corrected chi connectivity index (χ0v) is 14.1. The lowest BCUT2D eigenvalue weighted by Crippen LogP contribution is -1.93. The number of benzene rings is 3. The second-order valence-corrected chi connectivity index (χ2v) is 6.05. The molecular formula is C20H16N2OS. The standard InChI is InChI=1S/C20H16N2OS/c1-23-20-8-3-2-7-17(20)14-5-4-6-15(11-14)22-13-21-18-12-16(24)9-10-19(18)22/h2-13,24H,1H3. The molecule has 0 bridgehead atoms. The van der Waals surface area contributed by atoms with Gasteiger partial charge in [-0.1, -0.05) is 30.3 Å². The number of nitrogens with zero attached hydrogens (tertiary/aromatic N) is 2. The Bertz CT molecular complexity index is 1020. The van der Waals surface area contributed by atoms with E-state index in [1.54, 1.807) is 7.11 Å². The highest BCUT2D eigenvalue weighted by molar-refractivity contribution is 7.80. The Morgan fingerprint density at radius 3 is 2.71 bits per heavy atom. The maximum atomic E-state index is 5.49. The molecule has 0 atom stereocenters. The fourth-order valence-electron chi connectivity index (χ4n) is 2.91. The molecule has 118 valence electrons. The average molecular weight is 332 g/mol. The van der Waals surface area contributed by atoms with E-state index in [2.05, 4.69) is 52.5 Å². The lowest BCUT2D eigenvalue weighted by Gasteiger charge is -2.11. The fourth-order valence-corrected chi connectivity index (χ4v) is 3.11. The van der Waals surface area contributed by atoms with Gasteiger partial charge in [-0.3, -0.25) is 4.57 Å². The predicted molar refractivity (Wildman–Crippen MR) is 100 cm³/mol. The molecule has 0 saturated carbocycles. The number of hydrogen-bond donors (Lipinski definition) is 1. The Kier molecular flexibility index (Phi) is 3.75. The second-order valence-electron chi connectivity index (χ2n) is 5.54. The molecule has 1 aromatic heterocycles. The van der Waals surface area contributed by atoms with Crippen LogP contribution >= 0.6 is 12.6 Å². The fraction of sp³-hybridized carbons (Fsp3) is 0.0500. The van der Waals surface area contributed by atoms with E-state index in [-0.39, 0.29) is 0 Å². The minimum absolute atomic E-state index is 0.866. The summed E-state index contributed by atoms with van der Waals surface area (Å²) in [6.45, 7) is 0. The molecule has 4 heteroatoms. The zero-order valence-electron chi connectivity index (χ0n) is 13.2. The third kappa shape index (κ3) is 2.55. The molecule has 0 aliphatic rings. The lowest BCUT2D eigenvalue weighted by molar-refractivity contribution is 0.416. The van der Waals surface area contributed by atoms with Gasteiger partial charge in [0.1, 0.15) is 12.1 Å². The average Bonchev–Trinajstić information content (AvgIpc) is 3.04. The van der Waals surface area contributed by atoms with Crippen LogP contribution in [0, 0.1) is 0 Å². The van der Waals surface area contributed by atoms with Gasteiger partial charge in [-0.25, -0.2) is 4.98 Å². The summed E-state index contributed by atoms with van der Waals surface area (Å²) in [6, 6.07) is 22.4. The largest absolute Gasteiger partial charge is 0.496 e. The van der Waals surface area contributed by atoms with Crippen molar-refractivity contribution in [3.63, 3.8) is 0 Å². The maximum Gasteiger partial charge on any atom is 0.126 e. The molecular weight excluding hydrogens is 316 g/mol. The summed E-state index contributed by atoms with van der Waals surface area (Å²) in [5.74, 6) is 0.866. The monoisotopic (exact) mass is 332 g/mol. The van der Waals surface area contributed by atoms with Crippen molar-refractivity contribution in [2.24, 2.45) is 0 Å². The molecule has 0 fully saturated rings. The van der Waals surface area contributed by atoms with Gasteiger partial charge in [0.25, 0.3) is 0 Å². The summed E-state index contributed by atoms with van der Waals surface area (Å²) in [4.78, 5) is 5.39. The molecule has 0 N–H and O–H groups in total. The van der Waals surface area contributed by atoms with Crippen molar-refractivity contribution < 1.29 is 4.74 Å². The Hall–Kier alpha value is -2.72. The van der Waals surface area contributed by atoms with Crippen molar-refractivity contribution in [3.05, 3.63) is 73.1 Å². The molecule has 3 nitrogen and oxygen atoms in total. The lowest BCUT2D eigenvalue weighted by atomic mass is 10.0. The quantitative estimate of drug-likeness (QED) is 0.535. The van der Waals surface area contributed by atoms with Crippen LogP contribution in [0.5, 0.6) is 5.75 Å². The first-order valence-corrected chi connectivity index (χ1v) is 8.11. The first-order valence-electron chi connectivity index (χ1n) is 7.66. The van der Waals surface area contributed by atoms with Crippen molar-refractivity contribution in [1.82, 2.24) is 9.55 Å². The van der Waals surface area contributed by atoms with E-state index in [1.165, 1.54) is 0 Å². The normalized spacial score (nSPS) is 10.9. The third-order valence-electron chi connectivity index (χ3n) is 4.07. The van der Waals surface area contributed by atoms with Gasteiger partial charge in [-0.05, 0) is 42.0 Å². The molecule has 0 spiro atoms. The Morgan fingerprint density at radius 2 is 1.83 bits per heavy atom. The molecule has 4 rings (SSSR count). The zero-order chi connectivity index (χ0) is 16.5. The van der Waals surface area contributed by atoms with Crippen LogP contribution in [-0.2, 0) is 0 Å². The van der Waals surface area contributed by atoms with E-state index >= 15 is 0 Å². The molecule has 0 radical (unpaired) electrons.